The van der Waals surface area contributed by atoms with Gasteiger partial charge in [-0.25, -0.2) is 4.79 Å². The average Bonchev–Trinajstić information content (AvgIpc) is 2.50. The van der Waals surface area contributed by atoms with Crippen molar-refractivity contribution in [2.75, 3.05) is 18.0 Å². The number of para-hydroxylation sites is 2. The molecule has 0 saturated heterocycles. The molecule has 0 spiro atoms. The molecular formula is C15H20N2O4. The first-order valence-electron chi connectivity index (χ1n) is 7.02. The van der Waals surface area contributed by atoms with Crippen LogP contribution >= 0.6 is 0 Å². The molecule has 21 heavy (non-hydrogen) atoms. The Bertz CT molecular complexity index is 532. The monoisotopic (exact) mass is 292 g/mol. The smallest absolute Gasteiger partial charge is 0.346 e. The van der Waals surface area contributed by atoms with Gasteiger partial charge in [0.15, 0.2) is 0 Å². The van der Waals surface area contributed by atoms with E-state index in [-0.39, 0.29) is 18.4 Å². The third-order valence-electron chi connectivity index (χ3n) is 3.60. The van der Waals surface area contributed by atoms with Gasteiger partial charge in [-0.05, 0) is 31.0 Å². The van der Waals surface area contributed by atoms with Gasteiger partial charge in [0.1, 0.15) is 5.75 Å². The van der Waals surface area contributed by atoms with Crippen LogP contribution in [0.15, 0.2) is 24.3 Å². The van der Waals surface area contributed by atoms with Gasteiger partial charge in [-0.3, -0.25) is 4.79 Å². The Labute approximate surface area is 123 Å². The first kappa shape index (κ1) is 15.3. The second-order valence-corrected chi connectivity index (χ2v) is 5.30. The molecule has 0 radical (unpaired) electrons. The number of benzene rings is 1. The topological polar surface area (TPSA) is 92.9 Å². The van der Waals surface area contributed by atoms with Gasteiger partial charge < -0.3 is 20.5 Å². The lowest BCUT2D eigenvalue weighted by Gasteiger charge is -2.33. The first-order valence-corrected chi connectivity index (χ1v) is 7.02. The molecule has 1 aliphatic rings. The number of carboxylic acid groups (broad SMARTS) is 1. The molecule has 0 fully saturated rings. The predicted octanol–water partition coefficient (Wildman–Crippen LogP) is 1.24. The summed E-state index contributed by atoms with van der Waals surface area (Å²) < 4.78 is 5.41. The van der Waals surface area contributed by atoms with Crippen molar-refractivity contribution in [1.82, 2.24) is 0 Å². The number of rotatable bonds is 5. The minimum Gasteiger partial charge on any atom is -0.478 e. The fraction of sp³-hybridized carbons (Fsp3) is 0.467. The van der Waals surface area contributed by atoms with Crippen LogP contribution in [0.3, 0.4) is 0 Å². The van der Waals surface area contributed by atoms with Crippen LogP contribution in [0.2, 0.25) is 0 Å². The number of anilines is 1. The third-order valence-corrected chi connectivity index (χ3v) is 3.60. The van der Waals surface area contributed by atoms with Crippen molar-refractivity contribution < 1.29 is 19.4 Å². The lowest BCUT2D eigenvalue weighted by Crippen LogP contribution is -2.47. The second kappa shape index (κ2) is 6.58. The predicted molar refractivity (Wildman–Crippen MR) is 78.3 cm³/mol. The Morgan fingerprint density at radius 3 is 2.86 bits per heavy atom. The Hall–Kier alpha value is -2.08. The van der Waals surface area contributed by atoms with Gasteiger partial charge in [0.25, 0.3) is 0 Å². The summed E-state index contributed by atoms with van der Waals surface area (Å²) >= 11 is 0. The second-order valence-electron chi connectivity index (χ2n) is 5.30. The first-order chi connectivity index (χ1) is 10.0. The molecule has 1 aromatic carbocycles. The summed E-state index contributed by atoms with van der Waals surface area (Å²) in [6, 6.07) is 6.99. The van der Waals surface area contributed by atoms with E-state index < -0.39 is 12.1 Å². The van der Waals surface area contributed by atoms with Gasteiger partial charge in [0.05, 0.1) is 12.2 Å². The Kier molecular flexibility index (Phi) is 4.80. The number of carboxylic acids is 1. The lowest BCUT2D eigenvalue weighted by molar-refractivity contribution is -0.145. The number of carbonyl (C=O) groups is 2. The zero-order valence-electron chi connectivity index (χ0n) is 12.0. The van der Waals surface area contributed by atoms with E-state index in [0.29, 0.717) is 30.8 Å². The lowest BCUT2D eigenvalue weighted by atomic mass is 10.0. The molecule has 2 unspecified atom stereocenters. The number of aliphatic carboxylic acids is 1. The molecule has 0 aromatic heterocycles. The summed E-state index contributed by atoms with van der Waals surface area (Å²) in [5.74, 6) is -0.480. The average molecular weight is 292 g/mol. The van der Waals surface area contributed by atoms with Crippen LogP contribution in [0.25, 0.3) is 0 Å². The highest BCUT2D eigenvalue weighted by molar-refractivity contribution is 5.96. The number of hydrogen-bond donors (Lipinski definition) is 2. The number of nitrogens with zero attached hydrogens (tertiary/aromatic N) is 1. The molecule has 3 N–H and O–H groups in total. The zero-order valence-corrected chi connectivity index (χ0v) is 12.0. The summed E-state index contributed by atoms with van der Waals surface area (Å²) in [7, 11) is 0. The molecule has 0 bridgehead atoms. The van der Waals surface area contributed by atoms with E-state index in [1.807, 2.05) is 6.92 Å². The van der Waals surface area contributed by atoms with Gasteiger partial charge in [0.2, 0.25) is 12.0 Å². The van der Waals surface area contributed by atoms with Crippen molar-refractivity contribution in [2.24, 2.45) is 11.7 Å². The standard InChI is InChI=1S/C15H20N2O4/c1-10(8-16)6-7-14(18)17-9-13(15(19)20)21-12-5-3-2-4-11(12)17/h2-5,10,13H,6-9,16H2,1H3,(H,19,20). The minimum atomic E-state index is -1.07. The molecule has 1 heterocycles. The van der Waals surface area contributed by atoms with Gasteiger partial charge >= 0.3 is 5.97 Å². The molecule has 1 amide bonds. The van der Waals surface area contributed by atoms with Crippen molar-refractivity contribution in [1.29, 1.82) is 0 Å². The number of fused-ring (bicyclic) bond motifs is 1. The quantitative estimate of drug-likeness (QED) is 0.851. The van der Waals surface area contributed by atoms with Crippen LogP contribution < -0.4 is 15.4 Å². The van der Waals surface area contributed by atoms with Crippen molar-refractivity contribution in [3.63, 3.8) is 0 Å². The molecule has 0 aliphatic carbocycles. The Morgan fingerprint density at radius 1 is 1.48 bits per heavy atom. The maximum absolute atomic E-state index is 12.4. The number of ether oxygens (including phenoxy) is 1. The van der Waals surface area contributed by atoms with E-state index in [1.54, 1.807) is 24.3 Å². The molecule has 2 atom stereocenters. The van der Waals surface area contributed by atoms with Crippen molar-refractivity contribution >= 4 is 17.6 Å². The molecule has 1 aliphatic heterocycles. The Morgan fingerprint density at radius 2 is 2.19 bits per heavy atom. The zero-order chi connectivity index (χ0) is 15.4. The summed E-state index contributed by atoms with van der Waals surface area (Å²) in [6.07, 6.45) is 0.00169. The van der Waals surface area contributed by atoms with Gasteiger partial charge in [-0.15, -0.1) is 0 Å². The van der Waals surface area contributed by atoms with E-state index in [4.69, 9.17) is 15.6 Å². The van der Waals surface area contributed by atoms with E-state index >= 15 is 0 Å². The van der Waals surface area contributed by atoms with Crippen LogP contribution in [-0.4, -0.2) is 36.2 Å². The minimum absolute atomic E-state index is 0.0299. The highest BCUT2D eigenvalue weighted by Crippen LogP contribution is 2.33. The van der Waals surface area contributed by atoms with E-state index in [1.165, 1.54) is 4.90 Å². The van der Waals surface area contributed by atoms with Crippen LogP contribution in [0.4, 0.5) is 5.69 Å². The number of amides is 1. The van der Waals surface area contributed by atoms with E-state index in [9.17, 15) is 9.59 Å². The number of hydrogen-bond acceptors (Lipinski definition) is 4. The van der Waals surface area contributed by atoms with Crippen LogP contribution in [-0.2, 0) is 9.59 Å². The molecule has 6 heteroatoms. The van der Waals surface area contributed by atoms with E-state index in [2.05, 4.69) is 0 Å². The maximum atomic E-state index is 12.4. The fourth-order valence-corrected chi connectivity index (χ4v) is 2.22. The largest absolute Gasteiger partial charge is 0.478 e. The maximum Gasteiger partial charge on any atom is 0.346 e. The highest BCUT2D eigenvalue weighted by atomic mass is 16.5. The van der Waals surface area contributed by atoms with Crippen molar-refractivity contribution in [3.8, 4) is 5.75 Å². The van der Waals surface area contributed by atoms with Crippen LogP contribution in [0.1, 0.15) is 19.8 Å². The summed E-state index contributed by atoms with van der Waals surface area (Å²) in [5.41, 5.74) is 6.18. The van der Waals surface area contributed by atoms with Crippen molar-refractivity contribution in [2.45, 2.75) is 25.9 Å². The number of nitrogens with two attached hydrogens (primary N) is 1. The van der Waals surface area contributed by atoms with Gasteiger partial charge in [-0.1, -0.05) is 19.1 Å². The molecule has 0 saturated carbocycles. The molecule has 2 rings (SSSR count). The molecule has 6 nitrogen and oxygen atoms in total. The van der Waals surface area contributed by atoms with Gasteiger partial charge in [0, 0.05) is 6.42 Å². The molecule has 114 valence electrons. The fourth-order valence-electron chi connectivity index (χ4n) is 2.22. The highest BCUT2D eigenvalue weighted by Gasteiger charge is 2.33. The number of carbonyl (C=O) groups excluding carboxylic acids is 1. The van der Waals surface area contributed by atoms with Crippen LogP contribution in [0.5, 0.6) is 5.75 Å². The summed E-state index contributed by atoms with van der Waals surface area (Å²) in [4.78, 5) is 25.1. The SMILES string of the molecule is CC(CN)CCC(=O)N1CC(C(=O)O)Oc2ccccc21. The molecular weight excluding hydrogens is 272 g/mol. The summed E-state index contributed by atoms with van der Waals surface area (Å²) in [6.45, 7) is 2.55. The third kappa shape index (κ3) is 3.52. The van der Waals surface area contributed by atoms with Crippen molar-refractivity contribution in [3.05, 3.63) is 24.3 Å². The summed E-state index contributed by atoms with van der Waals surface area (Å²) in [5, 5.41) is 9.14. The normalized spacial score (nSPS) is 18.6. The molecule has 1 aromatic rings. The van der Waals surface area contributed by atoms with Crippen LogP contribution in [0, 0.1) is 5.92 Å². The van der Waals surface area contributed by atoms with E-state index in [0.717, 1.165) is 0 Å². The van der Waals surface area contributed by atoms with Gasteiger partial charge in [-0.2, -0.15) is 0 Å². The Balaban J connectivity index is 2.17.